The lowest BCUT2D eigenvalue weighted by Gasteiger charge is -2.28. The Morgan fingerprint density at radius 1 is 1.40 bits per heavy atom. The van der Waals surface area contributed by atoms with Gasteiger partial charge in [-0.15, -0.1) is 0 Å². The summed E-state index contributed by atoms with van der Waals surface area (Å²) in [6.07, 6.45) is 0.131. The van der Waals surface area contributed by atoms with Crippen LogP contribution in [0.3, 0.4) is 0 Å². The van der Waals surface area contributed by atoms with E-state index in [4.69, 9.17) is 14.2 Å². The number of hydrogen-bond donors (Lipinski definition) is 1. The van der Waals surface area contributed by atoms with Crippen LogP contribution in [0.1, 0.15) is 24.5 Å². The number of methoxy groups -OCH3 is 2. The Kier molecular flexibility index (Phi) is 3.75. The largest absolute Gasteiger partial charge is 0.496 e. The molecule has 0 aliphatic carbocycles. The minimum Gasteiger partial charge on any atom is -0.496 e. The molecule has 2 atom stereocenters. The maximum Gasteiger partial charge on any atom is 0.343 e. The summed E-state index contributed by atoms with van der Waals surface area (Å²) >= 11 is 0. The van der Waals surface area contributed by atoms with Crippen LogP contribution in [-0.2, 0) is 19.9 Å². The Morgan fingerprint density at radius 3 is 2.60 bits per heavy atom. The quantitative estimate of drug-likeness (QED) is 0.851. The molecule has 1 fully saturated rings. The third kappa shape index (κ3) is 2.39. The number of benzene rings is 1. The van der Waals surface area contributed by atoms with Crippen molar-refractivity contribution in [2.75, 3.05) is 20.8 Å². The highest BCUT2D eigenvalue weighted by Crippen LogP contribution is 2.45. The molecule has 0 unspecified atom stereocenters. The fraction of sp³-hybridized carbons (Fsp3) is 0.533. The number of rotatable bonds is 3. The minimum absolute atomic E-state index is 0.0686. The molecular formula is C15H20O5. The zero-order chi connectivity index (χ0) is 15.0. The summed E-state index contributed by atoms with van der Waals surface area (Å²) in [4.78, 5) is 12.3. The molecule has 1 aliphatic rings. The predicted octanol–water partition coefficient (Wildman–Crippen LogP) is 1.54. The van der Waals surface area contributed by atoms with Gasteiger partial charge in [-0.05, 0) is 26.0 Å². The lowest BCUT2D eigenvalue weighted by Crippen LogP contribution is -2.38. The van der Waals surface area contributed by atoms with Gasteiger partial charge in [-0.25, -0.2) is 4.79 Å². The fourth-order valence-electron chi connectivity index (χ4n) is 2.63. The zero-order valence-electron chi connectivity index (χ0n) is 12.2. The van der Waals surface area contributed by atoms with Crippen molar-refractivity contribution >= 4 is 5.97 Å². The molecule has 1 heterocycles. The molecule has 0 bridgehead atoms. The average Bonchev–Trinajstić information content (AvgIpc) is 2.75. The number of hydrogen-bond acceptors (Lipinski definition) is 5. The van der Waals surface area contributed by atoms with Crippen molar-refractivity contribution in [3.05, 3.63) is 29.3 Å². The van der Waals surface area contributed by atoms with Crippen molar-refractivity contribution in [3.63, 3.8) is 0 Å². The summed E-state index contributed by atoms with van der Waals surface area (Å²) in [5, 5.41) is 10.2. The number of aliphatic hydroxyl groups is 1. The van der Waals surface area contributed by atoms with Crippen molar-refractivity contribution in [1.29, 1.82) is 0 Å². The first-order valence-corrected chi connectivity index (χ1v) is 6.44. The predicted molar refractivity (Wildman–Crippen MR) is 72.6 cm³/mol. The van der Waals surface area contributed by atoms with Gasteiger partial charge in [-0.3, -0.25) is 0 Å². The molecule has 110 valence electrons. The van der Waals surface area contributed by atoms with Gasteiger partial charge < -0.3 is 19.3 Å². The van der Waals surface area contributed by atoms with Gasteiger partial charge in [0, 0.05) is 12.0 Å². The first-order valence-electron chi connectivity index (χ1n) is 6.44. The van der Waals surface area contributed by atoms with Crippen LogP contribution in [-0.4, -0.2) is 37.5 Å². The Hall–Kier alpha value is -1.59. The van der Waals surface area contributed by atoms with Crippen LogP contribution < -0.4 is 4.74 Å². The van der Waals surface area contributed by atoms with E-state index in [1.165, 1.54) is 14.2 Å². The Balaban J connectivity index is 2.59. The average molecular weight is 280 g/mol. The second-order valence-electron chi connectivity index (χ2n) is 5.48. The van der Waals surface area contributed by atoms with Crippen LogP contribution in [0.25, 0.3) is 0 Å². The van der Waals surface area contributed by atoms with E-state index in [-0.39, 0.29) is 13.0 Å². The molecule has 5 nitrogen and oxygen atoms in total. The summed E-state index contributed by atoms with van der Waals surface area (Å²) in [6.45, 7) is 3.63. The molecule has 20 heavy (non-hydrogen) atoms. The zero-order valence-corrected chi connectivity index (χ0v) is 12.2. The van der Waals surface area contributed by atoms with Gasteiger partial charge in [-0.2, -0.15) is 0 Å². The van der Waals surface area contributed by atoms with E-state index < -0.39 is 17.2 Å². The van der Waals surface area contributed by atoms with Gasteiger partial charge in [0.05, 0.1) is 26.4 Å². The first-order chi connectivity index (χ1) is 9.34. The first kappa shape index (κ1) is 14.8. The topological polar surface area (TPSA) is 65.0 Å². The van der Waals surface area contributed by atoms with Crippen molar-refractivity contribution < 1.29 is 24.1 Å². The molecule has 1 aromatic carbocycles. The van der Waals surface area contributed by atoms with Gasteiger partial charge in [0.25, 0.3) is 0 Å². The second-order valence-corrected chi connectivity index (χ2v) is 5.48. The molecule has 0 amide bonds. The van der Waals surface area contributed by atoms with Crippen molar-refractivity contribution in [3.8, 4) is 5.75 Å². The molecular weight excluding hydrogens is 260 g/mol. The Morgan fingerprint density at radius 2 is 2.10 bits per heavy atom. The van der Waals surface area contributed by atoms with E-state index >= 15 is 0 Å². The summed E-state index contributed by atoms with van der Waals surface area (Å²) in [6, 6.07) is 5.50. The molecule has 0 aromatic heterocycles. The van der Waals surface area contributed by atoms with E-state index in [1.807, 2.05) is 19.1 Å². The van der Waals surface area contributed by atoms with Crippen LogP contribution >= 0.6 is 0 Å². The summed E-state index contributed by atoms with van der Waals surface area (Å²) in [7, 11) is 2.84. The molecule has 5 heteroatoms. The molecule has 0 radical (unpaired) electrons. The molecule has 0 saturated carbocycles. The van der Waals surface area contributed by atoms with Crippen LogP contribution in [0.5, 0.6) is 5.75 Å². The highest BCUT2D eigenvalue weighted by atomic mass is 16.6. The maximum atomic E-state index is 12.3. The molecule has 1 aliphatic heterocycles. The SMILES string of the molecule is COC(=O)[C@]1(c2cc(C)ccc2OC)C[C@](C)(O)CO1. The lowest BCUT2D eigenvalue weighted by atomic mass is 9.84. The number of carbonyl (C=O) groups is 1. The standard InChI is InChI=1S/C15H20O5/c1-10-5-6-12(18-3)11(7-10)15(13(16)19-4)8-14(2,17)9-20-15/h5-7,17H,8-9H2,1-4H3/t14-,15+/m0/s1. The van der Waals surface area contributed by atoms with Gasteiger partial charge >= 0.3 is 5.97 Å². The van der Waals surface area contributed by atoms with Crippen LogP contribution in [0.15, 0.2) is 18.2 Å². The van der Waals surface area contributed by atoms with E-state index in [2.05, 4.69) is 0 Å². The third-order valence-corrected chi connectivity index (χ3v) is 3.56. The highest BCUT2D eigenvalue weighted by molar-refractivity contribution is 5.83. The van der Waals surface area contributed by atoms with Gasteiger partial charge in [0.1, 0.15) is 5.75 Å². The molecule has 2 rings (SSSR count). The van der Waals surface area contributed by atoms with E-state index in [9.17, 15) is 9.90 Å². The number of esters is 1. The number of ether oxygens (including phenoxy) is 3. The third-order valence-electron chi connectivity index (χ3n) is 3.56. The van der Waals surface area contributed by atoms with Gasteiger partial charge in [0.15, 0.2) is 5.60 Å². The smallest absolute Gasteiger partial charge is 0.343 e. The van der Waals surface area contributed by atoms with Crippen LogP contribution in [0.2, 0.25) is 0 Å². The van der Waals surface area contributed by atoms with Crippen molar-refractivity contribution in [1.82, 2.24) is 0 Å². The molecule has 1 aromatic rings. The van der Waals surface area contributed by atoms with E-state index in [0.717, 1.165) is 5.56 Å². The molecule has 1 saturated heterocycles. The van der Waals surface area contributed by atoms with Crippen LogP contribution in [0, 0.1) is 6.92 Å². The van der Waals surface area contributed by atoms with E-state index in [1.54, 1.807) is 13.0 Å². The minimum atomic E-state index is -1.32. The maximum absolute atomic E-state index is 12.3. The van der Waals surface area contributed by atoms with Gasteiger partial charge in [-0.1, -0.05) is 11.6 Å². The summed E-state index contributed by atoms with van der Waals surface area (Å²) < 4.78 is 15.9. The normalized spacial score (nSPS) is 29.2. The number of aryl methyl sites for hydroxylation is 1. The monoisotopic (exact) mass is 280 g/mol. The van der Waals surface area contributed by atoms with E-state index in [0.29, 0.717) is 11.3 Å². The summed E-state index contributed by atoms with van der Waals surface area (Å²) in [5.74, 6) is 0.0119. The Labute approximate surface area is 118 Å². The Bertz CT molecular complexity index is 523. The van der Waals surface area contributed by atoms with Crippen molar-refractivity contribution in [2.24, 2.45) is 0 Å². The van der Waals surface area contributed by atoms with Gasteiger partial charge in [0.2, 0.25) is 0 Å². The number of carbonyl (C=O) groups excluding carboxylic acids is 1. The second kappa shape index (κ2) is 5.07. The molecule has 1 N–H and O–H groups in total. The van der Waals surface area contributed by atoms with Crippen molar-refractivity contribution in [2.45, 2.75) is 31.5 Å². The highest BCUT2D eigenvalue weighted by Gasteiger charge is 2.55. The lowest BCUT2D eigenvalue weighted by molar-refractivity contribution is -0.165. The van der Waals surface area contributed by atoms with Crippen LogP contribution in [0.4, 0.5) is 0 Å². The summed E-state index contributed by atoms with van der Waals surface area (Å²) in [5.41, 5.74) is -0.845. The molecule has 0 spiro atoms. The fourth-order valence-corrected chi connectivity index (χ4v) is 2.63.